The van der Waals surface area contributed by atoms with Crippen LogP contribution in [0, 0.1) is 56.2 Å². The number of fused-ring (bicyclic) bond motifs is 7. The average Bonchev–Trinajstić information content (AvgIpc) is 3.36. The first kappa shape index (κ1) is 39.0. The molecule has 5 fully saturated rings. The van der Waals surface area contributed by atoms with Crippen molar-refractivity contribution in [2.75, 3.05) is 13.6 Å². The number of hydrogen-bond donors (Lipinski definition) is 2. The number of aliphatic hydroxyl groups is 1. The number of ketones is 1. The lowest BCUT2D eigenvalue weighted by Gasteiger charge is -2.72. The minimum absolute atomic E-state index is 0.0261. The van der Waals surface area contributed by atoms with Crippen LogP contribution in [0.15, 0.2) is 11.1 Å². The van der Waals surface area contributed by atoms with Crippen LogP contribution in [0.4, 0.5) is 0 Å². The lowest BCUT2D eigenvalue weighted by Crippen LogP contribution is -2.66. The minimum atomic E-state index is -1.15. The van der Waals surface area contributed by atoms with E-state index >= 15 is 0 Å². The second-order valence-electron chi connectivity index (χ2n) is 20.8. The highest BCUT2D eigenvalue weighted by Crippen LogP contribution is 2.77. The number of carboxylic acid groups (broad SMARTS) is 1. The van der Waals surface area contributed by atoms with Crippen molar-refractivity contribution in [3.8, 4) is 0 Å². The zero-order valence-electron chi connectivity index (χ0n) is 33.8. The largest absolute Gasteiger partial charge is 0.481 e. The van der Waals surface area contributed by atoms with Crippen LogP contribution in [0.1, 0.15) is 159 Å². The van der Waals surface area contributed by atoms with E-state index in [0.29, 0.717) is 36.8 Å². The van der Waals surface area contributed by atoms with Crippen LogP contribution >= 0.6 is 0 Å². The summed E-state index contributed by atoms with van der Waals surface area (Å²) in [4.78, 5) is 41.4. The second-order valence-corrected chi connectivity index (χ2v) is 20.8. The molecule has 0 aromatic rings. The summed E-state index contributed by atoms with van der Waals surface area (Å²) < 4.78 is 6.18. The standard InChI is InChI=1S/C44H71NO6/c1-27(2)36-30(46)24-44(33(47)26-45(10)28-14-12-11-13-15-28)23-22-42(8)29(37(36)44)16-17-32-41(7)20-19-34(51-35(48)25-39(3,4)38(49)50)40(5,6)31(41)18-21-43(32,42)9/h27-29,31-34,47H,11-26H2,1-10H3,(H,49,50)/t29-,31+,32-,33+,34+,41+,42-,43-,44+/m1/s1. The van der Waals surface area contributed by atoms with Gasteiger partial charge in [-0.3, -0.25) is 14.4 Å². The molecule has 7 nitrogen and oxygen atoms in total. The smallest absolute Gasteiger partial charge is 0.309 e. The molecule has 0 bridgehead atoms. The molecule has 0 saturated heterocycles. The van der Waals surface area contributed by atoms with Crippen molar-refractivity contribution >= 4 is 17.7 Å². The summed E-state index contributed by atoms with van der Waals surface area (Å²) in [7, 11) is 2.20. The number of carboxylic acids is 1. The highest BCUT2D eigenvalue weighted by molar-refractivity contribution is 6.00. The Kier molecular flexibility index (Phi) is 10.1. The van der Waals surface area contributed by atoms with Gasteiger partial charge in [0.1, 0.15) is 6.10 Å². The zero-order valence-corrected chi connectivity index (χ0v) is 33.8. The quantitative estimate of drug-likeness (QED) is 0.230. The molecule has 0 aromatic heterocycles. The summed E-state index contributed by atoms with van der Waals surface area (Å²) in [6.45, 7) is 20.5. The van der Waals surface area contributed by atoms with Crippen molar-refractivity contribution < 1.29 is 29.3 Å². The predicted octanol–water partition coefficient (Wildman–Crippen LogP) is 9.01. The fourth-order valence-corrected chi connectivity index (χ4v) is 14.0. The molecule has 51 heavy (non-hydrogen) atoms. The Hall–Kier alpha value is -1.73. The van der Waals surface area contributed by atoms with Crippen molar-refractivity contribution in [2.24, 2.45) is 56.2 Å². The molecule has 6 aliphatic rings. The first-order valence-electron chi connectivity index (χ1n) is 20.7. The van der Waals surface area contributed by atoms with Gasteiger partial charge in [0, 0.05) is 29.8 Å². The minimum Gasteiger partial charge on any atom is -0.481 e. The van der Waals surface area contributed by atoms with Gasteiger partial charge in [-0.1, -0.05) is 73.3 Å². The Labute approximate surface area is 309 Å². The van der Waals surface area contributed by atoms with Gasteiger partial charge in [0.2, 0.25) is 0 Å². The van der Waals surface area contributed by atoms with E-state index in [1.54, 1.807) is 13.8 Å². The zero-order chi connectivity index (χ0) is 37.5. The fourth-order valence-electron chi connectivity index (χ4n) is 14.0. The fraction of sp³-hybridized carbons (Fsp3) is 0.886. The van der Waals surface area contributed by atoms with E-state index in [4.69, 9.17) is 4.74 Å². The van der Waals surface area contributed by atoms with E-state index in [9.17, 15) is 24.6 Å². The molecule has 6 rings (SSSR count). The van der Waals surface area contributed by atoms with E-state index in [1.807, 2.05) is 0 Å². The van der Waals surface area contributed by atoms with Crippen LogP contribution in [0.5, 0.6) is 0 Å². The van der Waals surface area contributed by atoms with E-state index < -0.39 is 28.9 Å². The number of likely N-dealkylation sites (N-methyl/N-ethyl adjacent to an activating group) is 1. The molecule has 7 heteroatoms. The molecule has 288 valence electrons. The number of allylic oxidation sites excluding steroid dienone is 1. The van der Waals surface area contributed by atoms with E-state index in [1.165, 1.54) is 37.7 Å². The summed E-state index contributed by atoms with van der Waals surface area (Å²) in [6.07, 6.45) is 13.9. The Morgan fingerprint density at radius 2 is 1.55 bits per heavy atom. The van der Waals surface area contributed by atoms with Crippen molar-refractivity contribution in [2.45, 2.75) is 177 Å². The second kappa shape index (κ2) is 13.2. The summed E-state index contributed by atoms with van der Waals surface area (Å²) in [5, 5.41) is 22.0. The Balaban J connectivity index is 1.28. The number of rotatable bonds is 9. The molecule has 0 unspecified atom stereocenters. The number of aliphatic carboxylic acids is 1. The number of ether oxygens (including phenoxy) is 1. The molecule has 9 atom stereocenters. The molecule has 0 heterocycles. The number of esters is 1. The predicted molar refractivity (Wildman–Crippen MR) is 201 cm³/mol. The number of carbonyl (C=O) groups excluding carboxylic acids is 2. The maximum atomic E-state index is 14.1. The summed E-state index contributed by atoms with van der Waals surface area (Å²) in [6, 6.07) is 0.525. The molecular formula is C44H71NO6. The molecule has 0 amide bonds. The molecule has 6 aliphatic carbocycles. The van der Waals surface area contributed by atoms with Gasteiger partial charge in [0.05, 0.1) is 17.9 Å². The number of carbonyl (C=O) groups is 3. The first-order chi connectivity index (χ1) is 23.7. The topological polar surface area (TPSA) is 104 Å². The third kappa shape index (κ3) is 6.00. The van der Waals surface area contributed by atoms with Gasteiger partial charge in [0.25, 0.3) is 0 Å². The van der Waals surface area contributed by atoms with E-state index in [2.05, 4.69) is 60.4 Å². The Morgan fingerprint density at radius 1 is 0.882 bits per heavy atom. The third-order valence-corrected chi connectivity index (χ3v) is 17.2. The average molecular weight is 710 g/mol. The normalized spacial score (nSPS) is 40.4. The third-order valence-electron chi connectivity index (χ3n) is 17.2. The van der Waals surface area contributed by atoms with Crippen molar-refractivity contribution in [3.05, 3.63) is 11.1 Å². The van der Waals surface area contributed by atoms with Crippen LogP contribution in [0.2, 0.25) is 0 Å². The van der Waals surface area contributed by atoms with E-state index in [0.717, 1.165) is 56.9 Å². The van der Waals surface area contributed by atoms with Crippen molar-refractivity contribution in [3.63, 3.8) is 0 Å². The van der Waals surface area contributed by atoms with Gasteiger partial charge in [0.15, 0.2) is 5.78 Å². The first-order valence-corrected chi connectivity index (χ1v) is 20.7. The molecule has 0 radical (unpaired) electrons. The van der Waals surface area contributed by atoms with Crippen LogP contribution in [-0.4, -0.2) is 64.7 Å². The van der Waals surface area contributed by atoms with Crippen LogP contribution in [0.25, 0.3) is 0 Å². The molecule has 0 spiro atoms. The Morgan fingerprint density at radius 3 is 2.18 bits per heavy atom. The number of hydrogen-bond acceptors (Lipinski definition) is 6. The lowest BCUT2D eigenvalue weighted by atomic mass is 9.33. The van der Waals surface area contributed by atoms with Gasteiger partial charge >= 0.3 is 11.9 Å². The summed E-state index contributed by atoms with van der Waals surface area (Å²) in [5.41, 5.74) is 0.768. The molecule has 0 aromatic carbocycles. The van der Waals surface area contributed by atoms with Crippen molar-refractivity contribution in [1.29, 1.82) is 0 Å². The van der Waals surface area contributed by atoms with Gasteiger partial charge in [-0.2, -0.15) is 0 Å². The number of nitrogens with zero attached hydrogens (tertiary/aromatic N) is 1. The molecular weight excluding hydrogens is 638 g/mol. The highest BCUT2D eigenvalue weighted by atomic mass is 16.5. The maximum absolute atomic E-state index is 14.1. The molecule has 5 saturated carbocycles. The van der Waals surface area contributed by atoms with Gasteiger partial charge in [-0.25, -0.2) is 0 Å². The molecule has 2 N–H and O–H groups in total. The monoisotopic (exact) mass is 710 g/mol. The van der Waals surface area contributed by atoms with Gasteiger partial charge in [-0.05, 0) is 131 Å². The van der Waals surface area contributed by atoms with Crippen LogP contribution in [0.3, 0.4) is 0 Å². The van der Waals surface area contributed by atoms with Crippen LogP contribution in [-0.2, 0) is 19.1 Å². The summed E-state index contributed by atoms with van der Waals surface area (Å²) >= 11 is 0. The van der Waals surface area contributed by atoms with Crippen molar-refractivity contribution in [1.82, 2.24) is 4.90 Å². The highest BCUT2D eigenvalue weighted by Gasteiger charge is 2.71. The van der Waals surface area contributed by atoms with Gasteiger partial charge < -0.3 is 19.8 Å². The number of Topliss-reactive ketones (excluding diaryl/α,β-unsaturated/α-hetero) is 1. The maximum Gasteiger partial charge on any atom is 0.309 e. The lowest BCUT2D eigenvalue weighted by molar-refractivity contribution is -0.235. The number of aliphatic hydroxyl groups excluding tert-OH is 1. The summed E-state index contributed by atoms with van der Waals surface area (Å²) in [5.74, 6) is 0.254. The van der Waals surface area contributed by atoms with Gasteiger partial charge in [-0.15, -0.1) is 0 Å². The SMILES string of the molecule is CC(C)C1=C2[C@H]3CC[C@@H]4[C@@]5(C)CC[C@H](OC(=O)CC(C)(C)C(=O)O)C(C)(C)[C@@H]5CC[C@@]4(C)[C@]3(C)CC[C@@]2([C@@H](O)CN(C)C2CCCCC2)CC1=O. The molecule has 0 aliphatic heterocycles. The van der Waals surface area contributed by atoms with Crippen LogP contribution < -0.4 is 0 Å². The Bertz CT molecular complexity index is 1420. The van der Waals surface area contributed by atoms with E-state index in [-0.39, 0.29) is 45.9 Å².